The van der Waals surface area contributed by atoms with E-state index in [0.717, 1.165) is 12.3 Å². The molecule has 1 aromatic rings. The molecule has 0 aliphatic heterocycles. The summed E-state index contributed by atoms with van der Waals surface area (Å²) >= 11 is 0. The van der Waals surface area contributed by atoms with E-state index in [2.05, 4.69) is 20.5 Å². The number of nitrogens with one attached hydrogen (secondary N) is 2. The van der Waals surface area contributed by atoms with Gasteiger partial charge in [-0.2, -0.15) is 4.98 Å². The minimum Gasteiger partial charge on any atom is -0.293 e. The highest BCUT2D eigenvalue weighted by atomic mass is 16.1. The highest BCUT2D eigenvalue weighted by Crippen LogP contribution is 2.27. The molecular formula is C13H22N4O. The molecule has 0 radical (unpaired) electrons. The van der Waals surface area contributed by atoms with Crippen molar-refractivity contribution < 1.29 is 4.79 Å². The lowest BCUT2D eigenvalue weighted by Gasteiger charge is -2.20. The van der Waals surface area contributed by atoms with Crippen molar-refractivity contribution in [1.82, 2.24) is 15.2 Å². The van der Waals surface area contributed by atoms with E-state index < -0.39 is 0 Å². The molecule has 1 aliphatic carbocycles. The summed E-state index contributed by atoms with van der Waals surface area (Å²) in [5.41, 5.74) is 0. The van der Waals surface area contributed by atoms with Crippen molar-refractivity contribution in [2.45, 2.75) is 58.3 Å². The molecule has 1 fully saturated rings. The van der Waals surface area contributed by atoms with Gasteiger partial charge in [0.15, 0.2) is 0 Å². The average Bonchev–Trinajstić information content (AvgIpc) is 2.76. The average molecular weight is 250 g/mol. The number of rotatable bonds is 5. The van der Waals surface area contributed by atoms with Crippen LogP contribution in [0.3, 0.4) is 0 Å². The summed E-state index contributed by atoms with van der Waals surface area (Å²) in [7, 11) is 0. The molecule has 1 amide bonds. The van der Waals surface area contributed by atoms with Crippen LogP contribution in [0.25, 0.3) is 0 Å². The first-order valence-corrected chi connectivity index (χ1v) is 6.93. The van der Waals surface area contributed by atoms with Gasteiger partial charge in [-0.15, -0.1) is 5.10 Å². The van der Waals surface area contributed by atoms with Crippen LogP contribution in [-0.2, 0) is 4.79 Å². The van der Waals surface area contributed by atoms with E-state index >= 15 is 0 Å². The fourth-order valence-electron chi connectivity index (χ4n) is 2.61. The van der Waals surface area contributed by atoms with E-state index in [1.807, 2.05) is 6.92 Å². The number of aromatic amines is 1. The third-order valence-electron chi connectivity index (χ3n) is 3.59. The highest BCUT2D eigenvalue weighted by molar-refractivity contribution is 5.88. The maximum absolute atomic E-state index is 11.7. The number of hydrogen-bond donors (Lipinski definition) is 2. The monoisotopic (exact) mass is 250 g/mol. The van der Waals surface area contributed by atoms with Gasteiger partial charge in [0.25, 0.3) is 0 Å². The molecule has 18 heavy (non-hydrogen) atoms. The molecule has 100 valence electrons. The van der Waals surface area contributed by atoms with Gasteiger partial charge in [-0.05, 0) is 25.7 Å². The lowest BCUT2D eigenvalue weighted by atomic mass is 9.86. The van der Waals surface area contributed by atoms with Gasteiger partial charge < -0.3 is 0 Å². The molecule has 1 saturated carbocycles. The van der Waals surface area contributed by atoms with Gasteiger partial charge in [-0.25, -0.2) is 0 Å². The second-order valence-corrected chi connectivity index (χ2v) is 5.19. The summed E-state index contributed by atoms with van der Waals surface area (Å²) in [5.74, 6) is 1.96. The van der Waals surface area contributed by atoms with E-state index in [1.165, 1.54) is 38.5 Å². The van der Waals surface area contributed by atoms with Gasteiger partial charge in [-0.1, -0.05) is 32.1 Å². The van der Waals surface area contributed by atoms with Crippen molar-refractivity contribution in [3.8, 4) is 0 Å². The first-order chi connectivity index (χ1) is 8.74. The number of aromatic nitrogens is 3. The number of amides is 1. The lowest BCUT2D eigenvalue weighted by Crippen LogP contribution is -2.13. The number of aryl methyl sites for hydroxylation is 1. The van der Waals surface area contributed by atoms with Crippen LogP contribution in [0.4, 0.5) is 5.95 Å². The Morgan fingerprint density at radius 2 is 2.17 bits per heavy atom. The maximum atomic E-state index is 11.7. The SMILES string of the molecule is Cc1nc(NC(=O)CCCC2CCCCC2)n[nH]1. The molecule has 0 saturated heterocycles. The summed E-state index contributed by atoms with van der Waals surface area (Å²) in [4.78, 5) is 15.7. The van der Waals surface area contributed by atoms with Crippen molar-refractivity contribution in [3.05, 3.63) is 5.82 Å². The number of carbonyl (C=O) groups is 1. The summed E-state index contributed by atoms with van der Waals surface area (Å²) in [5, 5.41) is 9.30. The minimum atomic E-state index is 0.0183. The number of anilines is 1. The summed E-state index contributed by atoms with van der Waals surface area (Å²) in [6.07, 6.45) is 9.55. The van der Waals surface area contributed by atoms with Crippen LogP contribution >= 0.6 is 0 Å². The molecular weight excluding hydrogens is 228 g/mol. The largest absolute Gasteiger partial charge is 0.293 e. The molecule has 2 rings (SSSR count). The Hall–Kier alpha value is -1.39. The van der Waals surface area contributed by atoms with Gasteiger partial charge in [-0.3, -0.25) is 15.2 Å². The first kappa shape index (κ1) is 13.1. The van der Waals surface area contributed by atoms with Crippen LogP contribution in [0.5, 0.6) is 0 Å². The third kappa shape index (κ3) is 4.13. The van der Waals surface area contributed by atoms with Gasteiger partial charge in [0.2, 0.25) is 11.9 Å². The van der Waals surface area contributed by atoms with Crippen molar-refractivity contribution in [2.75, 3.05) is 5.32 Å². The zero-order chi connectivity index (χ0) is 12.8. The second-order valence-electron chi connectivity index (χ2n) is 5.19. The van der Waals surface area contributed by atoms with Crippen molar-refractivity contribution in [2.24, 2.45) is 5.92 Å². The topological polar surface area (TPSA) is 70.7 Å². The molecule has 0 atom stereocenters. The molecule has 1 aliphatic rings. The van der Waals surface area contributed by atoms with Crippen LogP contribution in [0.1, 0.15) is 57.2 Å². The molecule has 1 aromatic heterocycles. The molecule has 1 heterocycles. The van der Waals surface area contributed by atoms with Crippen molar-refractivity contribution in [3.63, 3.8) is 0 Å². The maximum Gasteiger partial charge on any atom is 0.248 e. The molecule has 0 spiro atoms. The van der Waals surface area contributed by atoms with Crippen LogP contribution < -0.4 is 5.32 Å². The van der Waals surface area contributed by atoms with E-state index in [9.17, 15) is 4.79 Å². The van der Waals surface area contributed by atoms with Crippen LogP contribution in [0, 0.1) is 12.8 Å². The Morgan fingerprint density at radius 3 is 2.83 bits per heavy atom. The quantitative estimate of drug-likeness (QED) is 0.844. The molecule has 5 nitrogen and oxygen atoms in total. The van der Waals surface area contributed by atoms with E-state index in [1.54, 1.807) is 0 Å². The Morgan fingerprint density at radius 1 is 1.39 bits per heavy atom. The Labute approximate surface area is 108 Å². The van der Waals surface area contributed by atoms with Crippen molar-refractivity contribution in [1.29, 1.82) is 0 Å². The fourth-order valence-corrected chi connectivity index (χ4v) is 2.61. The Balaban J connectivity index is 1.62. The predicted molar refractivity (Wildman–Crippen MR) is 70.2 cm³/mol. The summed E-state index contributed by atoms with van der Waals surface area (Å²) < 4.78 is 0. The zero-order valence-corrected chi connectivity index (χ0v) is 11.0. The lowest BCUT2D eigenvalue weighted by molar-refractivity contribution is -0.116. The summed E-state index contributed by atoms with van der Waals surface area (Å²) in [6.45, 7) is 1.81. The second kappa shape index (κ2) is 6.52. The molecule has 0 bridgehead atoms. The zero-order valence-electron chi connectivity index (χ0n) is 11.0. The van der Waals surface area contributed by atoms with E-state index in [4.69, 9.17) is 0 Å². The smallest absolute Gasteiger partial charge is 0.248 e. The van der Waals surface area contributed by atoms with Crippen molar-refractivity contribution >= 4 is 11.9 Å². The predicted octanol–water partition coefficient (Wildman–Crippen LogP) is 2.80. The van der Waals surface area contributed by atoms with E-state index in [0.29, 0.717) is 18.2 Å². The number of nitrogens with zero attached hydrogens (tertiary/aromatic N) is 2. The Kier molecular flexibility index (Phi) is 4.73. The van der Waals surface area contributed by atoms with Crippen LogP contribution in [-0.4, -0.2) is 21.1 Å². The van der Waals surface area contributed by atoms with Gasteiger partial charge in [0, 0.05) is 6.42 Å². The standard InChI is InChI=1S/C13H22N4O/c1-10-14-13(17-16-10)15-12(18)9-5-8-11-6-3-2-4-7-11/h11H,2-9H2,1H3,(H2,14,15,16,17,18). The van der Waals surface area contributed by atoms with Gasteiger partial charge in [0.05, 0.1) is 0 Å². The van der Waals surface area contributed by atoms with Gasteiger partial charge in [0.1, 0.15) is 5.82 Å². The molecule has 0 aromatic carbocycles. The summed E-state index contributed by atoms with van der Waals surface area (Å²) in [6, 6.07) is 0. The first-order valence-electron chi connectivity index (χ1n) is 6.93. The van der Waals surface area contributed by atoms with E-state index in [-0.39, 0.29) is 5.91 Å². The number of hydrogen-bond acceptors (Lipinski definition) is 3. The number of H-pyrrole nitrogens is 1. The molecule has 2 N–H and O–H groups in total. The fraction of sp³-hybridized carbons (Fsp3) is 0.769. The third-order valence-corrected chi connectivity index (χ3v) is 3.59. The van der Waals surface area contributed by atoms with Crippen LogP contribution in [0.2, 0.25) is 0 Å². The van der Waals surface area contributed by atoms with Crippen LogP contribution in [0.15, 0.2) is 0 Å². The highest BCUT2D eigenvalue weighted by Gasteiger charge is 2.14. The molecule has 5 heteroatoms. The Bertz CT molecular complexity index is 382. The molecule has 0 unspecified atom stereocenters. The van der Waals surface area contributed by atoms with Gasteiger partial charge >= 0.3 is 0 Å². The normalized spacial score (nSPS) is 16.7. The minimum absolute atomic E-state index is 0.0183. The number of carbonyl (C=O) groups excluding carboxylic acids is 1.